The van der Waals surface area contributed by atoms with Crippen LogP contribution < -0.4 is 10.1 Å². The molecule has 3 rings (SSSR count). The Morgan fingerprint density at radius 3 is 2.88 bits per heavy atom. The number of carbonyl (C=O) groups excluding carboxylic acids is 1. The van der Waals surface area contributed by atoms with Crippen molar-refractivity contribution in [2.75, 3.05) is 25.5 Å². The Morgan fingerprint density at radius 2 is 2.15 bits per heavy atom. The summed E-state index contributed by atoms with van der Waals surface area (Å²) in [6.07, 6.45) is 2.19. The molecule has 1 amide bonds. The summed E-state index contributed by atoms with van der Waals surface area (Å²) in [6.45, 7) is 5.49. The summed E-state index contributed by atoms with van der Waals surface area (Å²) in [4.78, 5) is 23.4. The number of halogens is 1. The molecule has 7 heteroatoms. The summed E-state index contributed by atoms with van der Waals surface area (Å²) in [7, 11) is 1.59. The first-order valence-electron chi connectivity index (χ1n) is 8.72. The van der Waals surface area contributed by atoms with E-state index in [0.29, 0.717) is 39.7 Å². The number of nitrogens with one attached hydrogen (secondary N) is 1. The molecule has 1 saturated heterocycles. The summed E-state index contributed by atoms with van der Waals surface area (Å²) >= 11 is 6.08. The topological polar surface area (TPSA) is 67.3 Å². The zero-order chi connectivity index (χ0) is 18.7. The van der Waals surface area contributed by atoms with Gasteiger partial charge in [-0.2, -0.15) is 0 Å². The van der Waals surface area contributed by atoms with E-state index in [1.54, 1.807) is 38.3 Å². The number of nitrogens with zero attached hydrogens (tertiary/aromatic N) is 3. The highest BCUT2D eigenvalue weighted by molar-refractivity contribution is 6.31. The molecule has 26 heavy (non-hydrogen) atoms. The maximum atomic E-state index is 12.8. The third-order valence-electron chi connectivity index (χ3n) is 4.43. The number of ether oxygens (including phenoxy) is 1. The number of benzene rings is 1. The van der Waals surface area contributed by atoms with E-state index in [-0.39, 0.29) is 5.91 Å². The Labute approximate surface area is 158 Å². The van der Waals surface area contributed by atoms with Gasteiger partial charge in [0.25, 0.3) is 5.91 Å². The van der Waals surface area contributed by atoms with E-state index in [9.17, 15) is 4.79 Å². The fourth-order valence-corrected chi connectivity index (χ4v) is 3.37. The second kappa shape index (κ2) is 7.91. The molecule has 1 fully saturated rings. The molecule has 1 aromatic carbocycles. The van der Waals surface area contributed by atoms with Gasteiger partial charge in [-0.05, 0) is 43.9 Å². The highest BCUT2D eigenvalue weighted by Gasteiger charge is 2.23. The Kier molecular flexibility index (Phi) is 5.61. The number of carbonyl (C=O) groups is 1. The fraction of sp³-hybridized carbons (Fsp3) is 0.421. The van der Waals surface area contributed by atoms with Crippen molar-refractivity contribution in [3.05, 3.63) is 40.8 Å². The largest absolute Gasteiger partial charge is 0.495 e. The van der Waals surface area contributed by atoms with Crippen LogP contribution in [0.4, 0.5) is 11.5 Å². The molecule has 0 saturated carbocycles. The van der Waals surface area contributed by atoms with E-state index in [2.05, 4.69) is 22.2 Å². The van der Waals surface area contributed by atoms with Crippen LogP contribution in [0.25, 0.3) is 0 Å². The molecule has 1 N–H and O–H groups in total. The monoisotopic (exact) mass is 374 g/mol. The highest BCUT2D eigenvalue weighted by atomic mass is 35.5. The molecule has 0 radical (unpaired) electrons. The van der Waals surface area contributed by atoms with Crippen LogP contribution in [-0.2, 0) is 0 Å². The molecular formula is C19H23ClN4O2. The van der Waals surface area contributed by atoms with Gasteiger partial charge in [0.1, 0.15) is 23.1 Å². The molecule has 2 aromatic rings. The van der Waals surface area contributed by atoms with Gasteiger partial charge in [-0.3, -0.25) is 4.79 Å². The van der Waals surface area contributed by atoms with Crippen LogP contribution in [0, 0.1) is 12.8 Å². The van der Waals surface area contributed by atoms with Crippen LogP contribution in [0.15, 0.2) is 24.3 Å². The molecule has 0 aliphatic carbocycles. The maximum absolute atomic E-state index is 12.8. The van der Waals surface area contributed by atoms with Gasteiger partial charge in [-0.15, -0.1) is 0 Å². The van der Waals surface area contributed by atoms with Crippen molar-refractivity contribution in [1.82, 2.24) is 14.9 Å². The van der Waals surface area contributed by atoms with Crippen molar-refractivity contribution in [3.8, 4) is 5.75 Å². The molecule has 0 bridgehead atoms. The summed E-state index contributed by atoms with van der Waals surface area (Å²) in [5.41, 5.74) is 1.08. The smallest absolute Gasteiger partial charge is 0.272 e. The molecule has 6 nitrogen and oxygen atoms in total. The molecular weight excluding hydrogens is 352 g/mol. The Bertz CT molecular complexity index is 812. The number of aromatic nitrogens is 2. The van der Waals surface area contributed by atoms with Crippen molar-refractivity contribution in [1.29, 1.82) is 0 Å². The number of piperidine rings is 1. The number of hydrogen-bond donors (Lipinski definition) is 1. The number of rotatable bonds is 4. The summed E-state index contributed by atoms with van der Waals surface area (Å²) in [5, 5.41) is 3.76. The molecule has 1 atom stereocenters. The van der Waals surface area contributed by atoms with Crippen molar-refractivity contribution in [2.45, 2.75) is 26.7 Å². The first-order chi connectivity index (χ1) is 12.5. The first kappa shape index (κ1) is 18.5. The van der Waals surface area contributed by atoms with Crippen LogP contribution in [0.1, 0.15) is 36.1 Å². The summed E-state index contributed by atoms with van der Waals surface area (Å²) < 4.78 is 5.35. The van der Waals surface area contributed by atoms with Gasteiger partial charge in [0.2, 0.25) is 0 Å². The standard InChI is InChI=1S/C19H23ClN4O2/c1-12-5-4-8-24(11-12)19(25)16-10-18(22-13(2)21-16)23-15-9-14(20)6-7-17(15)26-3/h6-7,9-10,12H,4-5,8,11H2,1-3H3,(H,21,22,23). The van der Waals surface area contributed by atoms with Crippen LogP contribution in [-0.4, -0.2) is 41.0 Å². The first-order valence-corrected chi connectivity index (χ1v) is 9.09. The van der Waals surface area contributed by atoms with Gasteiger partial charge >= 0.3 is 0 Å². The molecule has 1 aliphatic heterocycles. The Hall–Kier alpha value is -2.34. The maximum Gasteiger partial charge on any atom is 0.272 e. The molecule has 138 valence electrons. The number of aryl methyl sites for hydroxylation is 1. The average Bonchev–Trinajstić information content (AvgIpc) is 2.61. The van der Waals surface area contributed by atoms with Gasteiger partial charge in [0, 0.05) is 24.2 Å². The number of anilines is 2. The average molecular weight is 375 g/mol. The fourth-order valence-electron chi connectivity index (χ4n) is 3.19. The lowest BCUT2D eigenvalue weighted by Gasteiger charge is -2.30. The van der Waals surface area contributed by atoms with Crippen molar-refractivity contribution >= 4 is 29.0 Å². The van der Waals surface area contributed by atoms with Crippen molar-refractivity contribution in [2.24, 2.45) is 5.92 Å². The second-order valence-electron chi connectivity index (χ2n) is 6.65. The number of amides is 1. The van der Waals surface area contributed by atoms with Gasteiger partial charge < -0.3 is 15.0 Å². The molecule has 2 heterocycles. The van der Waals surface area contributed by atoms with Crippen LogP contribution in [0.5, 0.6) is 5.75 Å². The zero-order valence-corrected chi connectivity index (χ0v) is 16.0. The lowest BCUT2D eigenvalue weighted by Crippen LogP contribution is -2.39. The van der Waals surface area contributed by atoms with Crippen LogP contribution in [0.2, 0.25) is 5.02 Å². The minimum atomic E-state index is -0.0526. The molecule has 0 spiro atoms. The SMILES string of the molecule is COc1ccc(Cl)cc1Nc1cc(C(=O)N2CCCC(C)C2)nc(C)n1. The Balaban J connectivity index is 1.86. The third kappa shape index (κ3) is 4.25. The van der Waals surface area contributed by atoms with E-state index in [1.165, 1.54) is 0 Å². The predicted octanol–water partition coefficient (Wildman–Crippen LogP) is 4.06. The summed E-state index contributed by atoms with van der Waals surface area (Å²) in [5.74, 6) is 2.17. The lowest BCUT2D eigenvalue weighted by atomic mass is 10.00. The third-order valence-corrected chi connectivity index (χ3v) is 4.66. The minimum Gasteiger partial charge on any atom is -0.495 e. The minimum absolute atomic E-state index is 0.0526. The Morgan fingerprint density at radius 1 is 1.35 bits per heavy atom. The quantitative estimate of drug-likeness (QED) is 0.873. The number of methoxy groups -OCH3 is 1. The van der Waals surface area contributed by atoms with E-state index in [1.807, 2.05) is 4.90 Å². The van der Waals surface area contributed by atoms with Crippen molar-refractivity contribution < 1.29 is 9.53 Å². The van der Waals surface area contributed by atoms with Gasteiger partial charge in [-0.25, -0.2) is 9.97 Å². The number of likely N-dealkylation sites (tertiary alicyclic amines) is 1. The zero-order valence-electron chi connectivity index (χ0n) is 15.3. The molecule has 1 aliphatic rings. The van der Waals surface area contributed by atoms with Crippen LogP contribution >= 0.6 is 11.6 Å². The van der Waals surface area contributed by atoms with E-state index in [0.717, 1.165) is 25.9 Å². The molecule has 1 aromatic heterocycles. The lowest BCUT2D eigenvalue weighted by molar-refractivity contribution is 0.0676. The second-order valence-corrected chi connectivity index (χ2v) is 7.09. The number of hydrogen-bond acceptors (Lipinski definition) is 5. The predicted molar refractivity (Wildman–Crippen MR) is 102 cm³/mol. The van der Waals surface area contributed by atoms with Gasteiger partial charge in [0.15, 0.2) is 0 Å². The normalized spacial score (nSPS) is 17.1. The highest BCUT2D eigenvalue weighted by Crippen LogP contribution is 2.30. The van der Waals surface area contributed by atoms with Gasteiger partial charge in [0.05, 0.1) is 12.8 Å². The van der Waals surface area contributed by atoms with Gasteiger partial charge in [-0.1, -0.05) is 18.5 Å². The van der Waals surface area contributed by atoms with E-state index < -0.39 is 0 Å². The molecule has 1 unspecified atom stereocenters. The van der Waals surface area contributed by atoms with Crippen molar-refractivity contribution in [3.63, 3.8) is 0 Å². The van der Waals surface area contributed by atoms with Crippen LogP contribution in [0.3, 0.4) is 0 Å². The van der Waals surface area contributed by atoms with E-state index in [4.69, 9.17) is 16.3 Å². The summed E-state index contributed by atoms with van der Waals surface area (Å²) in [6, 6.07) is 6.96. The van der Waals surface area contributed by atoms with E-state index >= 15 is 0 Å².